The summed E-state index contributed by atoms with van der Waals surface area (Å²) in [5, 5.41) is 0. The Morgan fingerprint density at radius 1 is 0.667 bits per heavy atom. The molecule has 1 aliphatic carbocycles. The Labute approximate surface area is 137 Å². The summed E-state index contributed by atoms with van der Waals surface area (Å²) in [7, 11) is -15.7. The van der Waals surface area contributed by atoms with Gasteiger partial charge >= 0.3 is 0 Å². The fraction of sp³-hybridized carbons (Fsp3) is 1.00. The van der Waals surface area contributed by atoms with Crippen molar-refractivity contribution >= 4 is 23.5 Å². The molecular weight excluding hydrogens is 393 g/mol. The highest BCUT2D eigenvalue weighted by atomic mass is 31.2. The van der Waals surface area contributed by atoms with E-state index < -0.39 is 61.0 Å². The molecule has 15 heteroatoms. The molecule has 24 heavy (non-hydrogen) atoms. The minimum Gasteiger partial charge on any atom is -0.790 e. The number of phosphoric acid groups is 3. The third kappa shape index (κ3) is 10.4. The Morgan fingerprint density at radius 3 is 1.54 bits per heavy atom. The van der Waals surface area contributed by atoms with Gasteiger partial charge in [0.05, 0.1) is 43.3 Å². The predicted octanol–water partition coefficient (Wildman–Crippen LogP) is -3.45. The minimum atomic E-state index is -5.27. The zero-order valence-electron chi connectivity index (χ0n) is 12.2. The van der Waals surface area contributed by atoms with Crippen molar-refractivity contribution in [2.24, 2.45) is 17.8 Å². The molecule has 3 atom stereocenters. The van der Waals surface area contributed by atoms with Crippen LogP contribution in [0.3, 0.4) is 0 Å². The van der Waals surface area contributed by atoms with Crippen LogP contribution in [0.2, 0.25) is 0 Å². The van der Waals surface area contributed by atoms with Crippen LogP contribution in [-0.2, 0) is 27.3 Å². The summed E-state index contributed by atoms with van der Waals surface area (Å²) in [5.41, 5.74) is 0. The highest BCUT2D eigenvalue weighted by Crippen LogP contribution is 2.40. The summed E-state index contributed by atoms with van der Waals surface area (Å²) >= 11 is 0. The first-order valence-electron chi connectivity index (χ1n) is 6.75. The Morgan fingerprint density at radius 2 is 1.08 bits per heavy atom. The van der Waals surface area contributed by atoms with E-state index in [9.17, 15) is 43.1 Å². The number of hydrogen-bond donors (Lipinski definition) is 0. The van der Waals surface area contributed by atoms with Crippen molar-refractivity contribution in [2.45, 2.75) is 19.3 Å². The maximum absolute atomic E-state index is 10.6. The third-order valence-electron chi connectivity index (χ3n) is 3.61. The maximum atomic E-state index is 10.6. The van der Waals surface area contributed by atoms with Crippen LogP contribution in [0.5, 0.6) is 0 Å². The standard InChI is InChI=1S/C9H21O12P3/c10-22(11,12)19-4-7-1-2-8(5-20-23(13,14)15)9(3-7)6-21-24(16,17)18/h7-9H,1-6H2,(H2,10,11,12)(H2,13,14,15)(H2,16,17,18)/p-6/t7?,8?,9-/m0/s1. The van der Waals surface area contributed by atoms with E-state index in [1.807, 2.05) is 0 Å². The molecule has 0 aromatic heterocycles. The van der Waals surface area contributed by atoms with E-state index >= 15 is 0 Å². The van der Waals surface area contributed by atoms with Gasteiger partial charge in [-0.25, -0.2) is 0 Å². The Hall–Kier alpha value is 0.330. The zero-order chi connectivity index (χ0) is 18.6. The summed E-state index contributed by atoms with van der Waals surface area (Å²) in [5.74, 6) is -1.75. The molecule has 1 aliphatic rings. The van der Waals surface area contributed by atoms with E-state index in [2.05, 4.69) is 13.6 Å². The smallest absolute Gasteiger partial charge is 0.0596 e. The van der Waals surface area contributed by atoms with Gasteiger partial charge in [-0.1, -0.05) is 0 Å². The molecule has 144 valence electrons. The summed E-state index contributed by atoms with van der Waals surface area (Å²) < 4.78 is 44.1. The monoisotopic (exact) mass is 408 g/mol. The van der Waals surface area contributed by atoms with Gasteiger partial charge in [0.2, 0.25) is 0 Å². The molecule has 0 aromatic carbocycles. The molecular formula is C9H15O12P3-6. The summed E-state index contributed by atoms with van der Waals surface area (Å²) in [6.45, 7) is -1.53. The summed E-state index contributed by atoms with van der Waals surface area (Å²) in [4.78, 5) is 63.1. The van der Waals surface area contributed by atoms with Crippen LogP contribution in [0.15, 0.2) is 0 Å². The number of hydrogen-bond acceptors (Lipinski definition) is 12. The molecule has 1 rings (SSSR count). The molecule has 0 aromatic rings. The molecule has 0 heterocycles. The van der Waals surface area contributed by atoms with Gasteiger partial charge in [0.1, 0.15) is 0 Å². The fourth-order valence-electron chi connectivity index (χ4n) is 2.57. The number of phosphoric ester groups is 3. The van der Waals surface area contributed by atoms with E-state index in [0.717, 1.165) is 0 Å². The second-order valence-electron chi connectivity index (χ2n) is 5.43. The van der Waals surface area contributed by atoms with Crippen molar-refractivity contribution in [2.75, 3.05) is 19.8 Å². The average molecular weight is 408 g/mol. The summed E-state index contributed by atoms with van der Waals surface area (Å²) in [6.07, 6.45) is 0.640. The molecule has 0 aliphatic heterocycles. The van der Waals surface area contributed by atoms with Crippen molar-refractivity contribution in [3.8, 4) is 0 Å². The molecule has 1 fully saturated rings. The number of rotatable bonds is 9. The lowest BCUT2D eigenvalue weighted by Crippen LogP contribution is -2.35. The molecule has 0 N–H and O–H groups in total. The lowest BCUT2D eigenvalue weighted by Gasteiger charge is -2.41. The van der Waals surface area contributed by atoms with Gasteiger partial charge in [0.25, 0.3) is 0 Å². The third-order valence-corrected chi connectivity index (χ3v) is 5.01. The van der Waals surface area contributed by atoms with E-state index in [0.29, 0.717) is 6.42 Å². The lowest BCUT2D eigenvalue weighted by atomic mass is 9.75. The van der Waals surface area contributed by atoms with Gasteiger partial charge in [0, 0.05) is 0 Å². The van der Waals surface area contributed by atoms with Crippen LogP contribution >= 0.6 is 23.5 Å². The quantitative estimate of drug-likeness (QED) is 0.340. The first kappa shape index (κ1) is 22.4. The van der Waals surface area contributed by atoms with E-state index in [1.165, 1.54) is 0 Å². The van der Waals surface area contributed by atoms with Crippen LogP contribution in [0.1, 0.15) is 19.3 Å². The van der Waals surface area contributed by atoms with Gasteiger partial charge in [-0.2, -0.15) is 0 Å². The van der Waals surface area contributed by atoms with E-state index in [1.54, 1.807) is 0 Å². The van der Waals surface area contributed by atoms with Gasteiger partial charge in [-0.05, 0) is 37.0 Å². The summed E-state index contributed by atoms with van der Waals surface area (Å²) in [6, 6.07) is 0. The van der Waals surface area contributed by atoms with Crippen LogP contribution in [0.25, 0.3) is 0 Å². The van der Waals surface area contributed by atoms with Crippen molar-refractivity contribution in [1.82, 2.24) is 0 Å². The second-order valence-corrected chi connectivity index (χ2v) is 8.89. The predicted molar refractivity (Wildman–Crippen MR) is 65.0 cm³/mol. The molecule has 12 nitrogen and oxygen atoms in total. The van der Waals surface area contributed by atoms with E-state index in [-0.39, 0.29) is 12.8 Å². The highest BCUT2D eigenvalue weighted by molar-refractivity contribution is 7.43. The van der Waals surface area contributed by atoms with Gasteiger partial charge in [-0.15, -0.1) is 0 Å². The second kappa shape index (κ2) is 8.81. The van der Waals surface area contributed by atoms with Gasteiger partial charge in [0.15, 0.2) is 0 Å². The average Bonchev–Trinajstić information content (AvgIpc) is 2.39. The molecule has 0 radical (unpaired) electrons. The largest absolute Gasteiger partial charge is 0.790 e. The SMILES string of the molecule is O=P([O-])([O-])OCC1CCC(COP(=O)([O-])[O-])[C@H](COP(=O)([O-])[O-])C1. The van der Waals surface area contributed by atoms with Crippen LogP contribution in [0.4, 0.5) is 0 Å². The van der Waals surface area contributed by atoms with Crippen molar-refractivity contribution in [3.63, 3.8) is 0 Å². The Bertz CT molecular complexity index is 534. The minimum absolute atomic E-state index is 0.0933. The zero-order valence-corrected chi connectivity index (χ0v) is 14.9. The highest BCUT2D eigenvalue weighted by Gasteiger charge is 2.31. The van der Waals surface area contributed by atoms with Gasteiger partial charge in [-0.3, -0.25) is 0 Å². The van der Waals surface area contributed by atoms with Crippen LogP contribution in [-0.4, -0.2) is 19.8 Å². The molecule has 1 saturated carbocycles. The molecule has 0 amide bonds. The Kier molecular flexibility index (Phi) is 8.22. The topological polar surface area (TPSA) is 217 Å². The molecule has 0 spiro atoms. The first-order valence-corrected chi connectivity index (χ1v) is 11.1. The van der Waals surface area contributed by atoms with Crippen molar-refractivity contribution < 1.29 is 56.6 Å². The molecule has 0 bridgehead atoms. The lowest BCUT2D eigenvalue weighted by molar-refractivity contribution is -0.346. The molecule has 2 unspecified atom stereocenters. The fourth-order valence-corrected chi connectivity index (χ4v) is 3.71. The van der Waals surface area contributed by atoms with Gasteiger partial charge < -0.3 is 56.6 Å². The van der Waals surface area contributed by atoms with Crippen LogP contribution < -0.4 is 29.4 Å². The Balaban J connectivity index is 2.65. The van der Waals surface area contributed by atoms with E-state index in [4.69, 9.17) is 0 Å². The normalized spacial score (nSPS) is 26.5. The maximum Gasteiger partial charge on any atom is 0.0596 e. The van der Waals surface area contributed by atoms with Crippen molar-refractivity contribution in [1.29, 1.82) is 0 Å². The van der Waals surface area contributed by atoms with Crippen LogP contribution in [0, 0.1) is 17.8 Å². The van der Waals surface area contributed by atoms with Crippen molar-refractivity contribution in [3.05, 3.63) is 0 Å². The first-order chi connectivity index (χ1) is 10.8. The molecule has 0 saturated heterocycles.